The number of ether oxygens (including phenoxy) is 1. The first-order valence-corrected chi connectivity index (χ1v) is 9.31. The van der Waals surface area contributed by atoms with Crippen LogP contribution in [0.4, 0.5) is 0 Å². The van der Waals surface area contributed by atoms with Gasteiger partial charge in [0.25, 0.3) is 5.91 Å². The molecule has 0 bridgehead atoms. The maximum absolute atomic E-state index is 13.0. The van der Waals surface area contributed by atoms with Crippen LogP contribution in [0.25, 0.3) is 0 Å². The minimum Gasteiger partial charge on any atom is -0.503 e. The van der Waals surface area contributed by atoms with Crippen molar-refractivity contribution in [1.82, 2.24) is 9.88 Å². The van der Waals surface area contributed by atoms with Crippen molar-refractivity contribution in [2.45, 2.75) is 6.04 Å². The van der Waals surface area contributed by atoms with E-state index in [1.165, 1.54) is 22.1 Å². The van der Waals surface area contributed by atoms with E-state index in [0.29, 0.717) is 32.0 Å². The summed E-state index contributed by atoms with van der Waals surface area (Å²) in [6.45, 7) is 4.22. The number of Topliss-reactive ketones (excluding diaryl/α,β-unsaturated/α-hetero) is 1. The highest BCUT2D eigenvalue weighted by atomic mass is 16.5. The van der Waals surface area contributed by atoms with E-state index in [9.17, 15) is 14.7 Å². The number of pyridine rings is 1. The molecule has 0 radical (unpaired) electrons. The Morgan fingerprint density at radius 2 is 2.07 bits per heavy atom. The highest BCUT2D eigenvalue weighted by Crippen LogP contribution is 2.37. The number of nitrogens with zero attached hydrogens (tertiary/aromatic N) is 2. The number of carbonyl (C=O) groups excluding carboxylic acids is 2. The number of nitrogens with one attached hydrogen (secondary N) is 1. The Bertz CT molecular complexity index is 873. The Labute approximate surface area is 162 Å². The third-order valence-corrected chi connectivity index (χ3v) is 5.17. The van der Waals surface area contributed by atoms with Crippen molar-refractivity contribution in [1.29, 1.82) is 0 Å². The number of morpholine rings is 1. The molecule has 146 valence electrons. The number of carbonyl (C=O) groups is 2. The van der Waals surface area contributed by atoms with Crippen LogP contribution in [0.5, 0.6) is 0 Å². The first-order valence-electron chi connectivity index (χ1n) is 9.31. The molecule has 2 aliphatic heterocycles. The summed E-state index contributed by atoms with van der Waals surface area (Å²) in [5.41, 5.74) is 0.544. The smallest absolute Gasteiger partial charge is 0.290 e. The van der Waals surface area contributed by atoms with Crippen LogP contribution >= 0.6 is 0 Å². The number of aliphatic hydroxyl groups is 1. The van der Waals surface area contributed by atoms with Gasteiger partial charge in [0, 0.05) is 6.20 Å². The van der Waals surface area contributed by atoms with E-state index < -0.39 is 23.5 Å². The Hall–Kier alpha value is -2.97. The van der Waals surface area contributed by atoms with Gasteiger partial charge in [-0.25, -0.2) is 0 Å². The van der Waals surface area contributed by atoms with Gasteiger partial charge >= 0.3 is 0 Å². The Kier molecular flexibility index (Phi) is 5.23. The number of hydrogen-bond acceptors (Lipinski definition) is 6. The van der Waals surface area contributed by atoms with Crippen molar-refractivity contribution in [2.75, 3.05) is 39.4 Å². The molecule has 1 saturated heterocycles. The maximum Gasteiger partial charge on any atom is 0.290 e. The van der Waals surface area contributed by atoms with Gasteiger partial charge in [-0.15, -0.1) is 0 Å². The molecule has 0 spiro atoms. The number of quaternary nitrogens is 1. The van der Waals surface area contributed by atoms with Crippen LogP contribution in [0.3, 0.4) is 0 Å². The van der Waals surface area contributed by atoms with Gasteiger partial charge < -0.3 is 24.1 Å². The summed E-state index contributed by atoms with van der Waals surface area (Å²) >= 11 is 0. The minimum atomic E-state index is -0.744. The third-order valence-electron chi connectivity index (χ3n) is 5.17. The van der Waals surface area contributed by atoms with Gasteiger partial charge in [-0.3, -0.25) is 14.6 Å². The molecular weight excluding hydrogens is 362 g/mol. The molecule has 4 heterocycles. The lowest BCUT2D eigenvalue weighted by molar-refractivity contribution is -0.907. The van der Waals surface area contributed by atoms with Crippen LogP contribution in [-0.2, 0) is 9.53 Å². The molecule has 2 aromatic rings. The molecule has 8 nitrogen and oxygen atoms in total. The minimum absolute atomic E-state index is 0.00984. The summed E-state index contributed by atoms with van der Waals surface area (Å²) in [4.78, 5) is 33.0. The predicted molar refractivity (Wildman–Crippen MR) is 97.8 cm³/mol. The van der Waals surface area contributed by atoms with E-state index in [1.54, 1.807) is 30.5 Å². The lowest BCUT2D eigenvalue weighted by Crippen LogP contribution is -3.14. The third kappa shape index (κ3) is 3.44. The maximum atomic E-state index is 13.0. The molecule has 0 aliphatic carbocycles. The fraction of sp³-hybridized carbons (Fsp3) is 0.350. The lowest BCUT2D eigenvalue weighted by Gasteiger charge is -2.29. The van der Waals surface area contributed by atoms with E-state index in [2.05, 4.69) is 4.98 Å². The van der Waals surface area contributed by atoms with Crippen LogP contribution in [0, 0.1) is 0 Å². The van der Waals surface area contributed by atoms with Gasteiger partial charge in [-0.1, -0.05) is 6.07 Å². The van der Waals surface area contributed by atoms with Gasteiger partial charge in [0.2, 0.25) is 5.78 Å². The average molecular weight is 384 g/mol. The van der Waals surface area contributed by atoms with E-state index >= 15 is 0 Å². The van der Waals surface area contributed by atoms with Gasteiger partial charge in [-0.2, -0.15) is 0 Å². The molecule has 2 aromatic heterocycles. The summed E-state index contributed by atoms with van der Waals surface area (Å²) in [7, 11) is 0. The molecule has 1 amide bonds. The monoisotopic (exact) mass is 384 g/mol. The predicted octanol–water partition coefficient (Wildman–Crippen LogP) is 0.168. The molecule has 1 atom stereocenters. The summed E-state index contributed by atoms with van der Waals surface area (Å²) in [5.74, 6) is -1.52. The van der Waals surface area contributed by atoms with E-state index in [0.717, 1.165) is 13.1 Å². The number of rotatable bonds is 6. The zero-order valence-electron chi connectivity index (χ0n) is 15.3. The Morgan fingerprint density at radius 1 is 1.25 bits per heavy atom. The van der Waals surface area contributed by atoms with E-state index in [-0.39, 0.29) is 11.3 Å². The van der Waals surface area contributed by atoms with Crippen molar-refractivity contribution >= 4 is 11.7 Å². The van der Waals surface area contributed by atoms with Crippen molar-refractivity contribution < 1.29 is 28.7 Å². The highest BCUT2D eigenvalue weighted by molar-refractivity contribution is 6.14. The highest BCUT2D eigenvalue weighted by Gasteiger charge is 2.45. The quantitative estimate of drug-likeness (QED) is 0.689. The molecule has 0 aromatic carbocycles. The van der Waals surface area contributed by atoms with Crippen molar-refractivity contribution in [3.8, 4) is 0 Å². The van der Waals surface area contributed by atoms with Gasteiger partial charge in [0.05, 0.1) is 43.8 Å². The van der Waals surface area contributed by atoms with Crippen LogP contribution in [-0.4, -0.2) is 66.1 Å². The zero-order valence-corrected chi connectivity index (χ0v) is 15.3. The number of furan rings is 1. The zero-order chi connectivity index (χ0) is 19.5. The molecule has 2 N–H and O–H groups in total. The number of aromatic nitrogens is 1. The SMILES string of the molecule is O=C(C1=C(O)C(=O)N(CC[NH+]2CCOCC2)[C@@H]1c1ccccn1)c1ccco1. The van der Waals surface area contributed by atoms with Gasteiger partial charge in [0.1, 0.15) is 19.1 Å². The largest absolute Gasteiger partial charge is 0.503 e. The van der Waals surface area contributed by atoms with Gasteiger partial charge in [0.15, 0.2) is 11.5 Å². The number of hydrogen-bond donors (Lipinski definition) is 2. The van der Waals surface area contributed by atoms with Crippen molar-refractivity contribution in [3.63, 3.8) is 0 Å². The Balaban J connectivity index is 1.64. The van der Waals surface area contributed by atoms with Crippen LogP contribution in [0.15, 0.2) is 58.5 Å². The van der Waals surface area contributed by atoms with Gasteiger partial charge in [-0.05, 0) is 24.3 Å². The van der Waals surface area contributed by atoms with Crippen LogP contribution < -0.4 is 4.90 Å². The second kappa shape index (κ2) is 7.95. The molecule has 4 rings (SSSR count). The molecule has 0 saturated carbocycles. The second-order valence-corrected chi connectivity index (χ2v) is 6.84. The molecule has 28 heavy (non-hydrogen) atoms. The number of amides is 1. The fourth-order valence-corrected chi connectivity index (χ4v) is 3.69. The number of ketones is 1. The van der Waals surface area contributed by atoms with Crippen molar-refractivity contribution in [2.24, 2.45) is 0 Å². The van der Waals surface area contributed by atoms with Crippen molar-refractivity contribution in [3.05, 3.63) is 65.6 Å². The molecule has 8 heteroatoms. The Morgan fingerprint density at radius 3 is 2.75 bits per heavy atom. The fourth-order valence-electron chi connectivity index (χ4n) is 3.69. The lowest BCUT2D eigenvalue weighted by atomic mass is 9.98. The normalized spacial score (nSPS) is 20.8. The summed E-state index contributed by atoms with van der Waals surface area (Å²) in [6, 6.07) is 7.68. The first-order chi connectivity index (χ1) is 13.7. The summed E-state index contributed by atoms with van der Waals surface area (Å²) in [6.07, 6.45) is 2.99. The average Bonchev–Trinajstić information content (AvgIpc) is 3.36. The summed E-state index contributed by atoms with van der Waals surface area (Å²) < 4.78 is 10.6. The van der Waals surface area contributed by atoms with Crippen LogP contribution in [0.2, 0.25) is 0 Å². The summed E-state index contributed by atoms with van der Waals surface area (Å²) in [5, 5.41) is 10.5. The molecular formula is C20H22N3O5+. The topological polar surface area (TPSA) is 97.3 Å². The molecule has 1 fully saturated rings. The second-order valence-electron chi connectivity index (χ2n) is 6.84. The van der Waals surface area contributed by atoms with E-state index in [4.69, 9.17) is 9.15 Å². The van der Waals surface area contributed by atoms with E-state index in [1.807, 2.05) is 0 Å². The molecule has 0 unspecified atom stereocenters. The van der Waals surface area contributed by atoms with Crippen LogP contribution in [0.1, 0.15) is 22.3 Å². The molecule has 2 aliphatic rings. The standard InChI is InChI=1S/C20H21N3O5/c24-18(15-5-3-11-28-15)16-17(14-4-1-2-6-21-14)23(20(26)19(16)25)8-7-22-9-12-27-13-10-22/h1-6,11,17,25H,7-10,12-13H2/p+1/t17-/m1/s1. The first kappa shape index (κ1) is 18.4. The number of aliphatic hydroxyl groups excluding tert-OH is 1.